The van der Waals surface area contributed by atoms with Crippen molar-refractivity contribution in [2.24, 2.45) is 11.8 Å². The first-order valence-corrected chi connectivity index (χ1v) is 8.86. The summed E-state index contributed by atoms with van der Waals surface area (Å²) in [5.74, 6) is 2.08. The predicted octanol–water partition coefficient (Wildman–Crippen LogP) is 3.72. The molecule has 2 fully saturated rings. The maximum atomic E-state index is 3.46. The Morgan fingerprint density at radius 1 is 0.526 bits per heavy atom. The lowest BCUT2D eigenvalue weighted by atomic mass is 9.90. The van der Waals surface area contributed by atoms with Gasteiger partial charge in [-0.15, -0.1) is 0 Å². The second-order valence-corrected chi connectivity index (χ2v) is 6.73. The monoisotopic (exact) mass is 266 g/mol. The van der Waals surface area contributed by atoms with Gasteiger partial charge in [0.2, 0.25) is 0 Å². The van der Waals surface area contributed by atoms with E-state index in [0.29, 0.717) is 0 Å². The van der Waals surface area contributed by atoms with Crippen molar-refractivity contribution in [2.45, 2.75) is 70.6 Å². The van der Waals surface area contributed by atoms with E-state index >= 15 is 0 Å². The summed E-state index contributed by atoms with van der Waals surface area (Å²) < 4.78 is 0. The first-order valence-electron chi connectivity index (χ1n) is 8.86. The number of unbranched alkanes of at least 4 members (excludes halogenated alkanes) is 4. The van der Waals surface area contributed by atoms with Crippen molar-refractivity contribution in [3.63, 3.8) is 0 Å². The topological polar surface area (TPSA) is 24.1 Å². The molecule has 0 spiro atoms. The van der Waals surface area contributed by atoms with Crippen LogP contribution in [0, 0.1) is 11.8 Å². The molecule has 0 atom stereocenters. The quantitative estimate of drug-likeness (QED) is 0.654. The molecule has 2 N–H and O–H groups in total. The van der Waals surface area contributed by atoms with Gasteiger partial charge in [0.25, 0.3) is 0 Å². The molecule has 2 heterocycles. The summed E-state index contributed by atoms with van der Waals surface area (Å²) in [5.41, 5.74) is 0. The van der Waals surface area contributed by atoms with Gasteiger partial charge < -0.3 is 10.6 Å². The first-order chi connectivity index (χ1) is 9.45. The molecule has 112 valence electrons. The van der Waals surface area contributed by atoms with E-state index in [9.17, 15) is 0 Å². The van der Waals surface area contributed by atoms with Gasteiger partial charge in [-0.3, -0.25) is 0 Å². The van der Waals surface area contributed by atoms with Crippen LogP contribution in [-0.4, -0.2) is 26.2 Å². The van der Waals surface area contributed by atoms with E-state index in [4.69, 9.17) is 0 Å². The minimum atomic E-state index is 1.04. The molecule has 2 aliphatic rings. The predicted molar refractivity (Wildman–Crippen MR) is 83.5 cm³/mol. The molecule has 0 saturated carbocycles. The van der Waals surface area contributed by atoms with Crippen LogP contribution in [0.15, 0.2) is 0 Å². The molecule has 0 aromatic carbocycles. The number of piperidine rings is 2. The van der Waals surface area contributed by atoms with Crippen LogP contribution in [0.1, 0.15) is 70.6 Å². The fourth-order valence-corrected chi connectivity index (χ4v) is 3.74. The minimum absolute atomic E-state index is 1.04. The Morgan fingerprint density at radius 3 is 1.32 bits per heavy atom. The maximum Gasteiger partial charge on any atom is -0.00463 e. The van der Waals surface area contributed by atoms with Gasteiger partial charge in [-0.1, -0.05) is 44.9 Å². The van der Waals surface area contributed by atoms with E-state index in [0.717, 1.165) is 11.8 Å². The summed E-state index contributed by atoms with van der Waals surface area (Å²) in [6.45, 7) is 5.06. The van der Waals surface area contributed by atoms with Crippen LogP contribution >= 0.6 is 0 Å². The van der Waals surface area contributed by atoms with Crippen LogP contribution in [0.2, 0.25) is 0 Å². The highest BCUT2D eigenvalue weighted by atomic mass is 14.9. The lowest BCUT2D eigenvalue weighted by Crippen LogP contribution is -2.27. The Morgan fingerprint density at radius 2 is 0.895 bits per heavy atom. The summed E-state index contributed by atoms with van der Waals surface area (Å²) >= 11 is 0. The largest absolute Gasteiger partial charge is 0.317 e. The Labute approximate surface area is 120 Å². The molecule has 2 heteroatoms. The summed E-state index contributed by atoms with van der Waals surface area (Å²) in [4.78, 5) is 0. The van der Waals surface area contributed by atoms with E-state index in [1.54, 1.807) is 0 Å². The molecule has 0 aromatic heterocycles. The van der Waals surface area contributed by atoms with Gasteiger partial charge >= 0.3 is 0 Å². The highest BCUT2D eigenvalue weighted by molar-refractivity contribution is 4.69. The highest BCUT2D eigenvalue weighted by Crippen LogP contribution is 2.22. The van der Waals surface area contributed by atoms with Gasteiger partial charge in [-0.05, 0) is 63.7 Å². The average molecular weight is 266 g/mol. The lowest BCUT2D eigenvalue weighted by molar-refractivity contribution is 0.333. The number of hydrogen-bond acceptors (Lipinski definition) is 2. The van der Waals surface area contributed by atoms with E-state index in [2.05, 4.69) is 10.6 Å². The van der Waals surface area contributed by atoms with Gasteiger partial charge in [-0.25, -0.2) is 0 Å². The third-order valence-electron chi connectivity index (χ3n) is 5.14. The molecule has 0 aromatic rings. The number of hydrogen-bond donors (Lipinski definition) is 2. The van der Waals surface area contributed by atoms with Gasteiger partial charge in [0.15, 0.2) is 0 Å². The summed E-state index contributed by atoms with van der Waals surface area (Å²) in [6.07, 6.45) is 16.1. The molecular formula is C17H34N2. The second-order valence-electron chi connectivity index (χ2n) is 6.73. The molecule has 2 saturated heterocycles. The van der Waals surface area contributed by atoms with Crippen molar-refractivity contribution in [3.8, 4) is 0 Å². The third-order valence-corrected chi connectivity index (χ3v) is 5.14. The maximum absolute atomic E-state index is 3.46. The molecule has 2 rings (SSSR count). The van der Waals surface area contributed by atoms with E-state index in [1.165, 1.54) is 96.8 Å². The van der Waals surface area contributed by atoms with Crippen LogP contribution in [0.5, 0.6) is 0 Å². The van der Waals surface area contributed by atoms with Crippen molar-refractivity contribution >= 4 is 0 Å². The normalized spacial score (nSPS) is 22.7. The molecule has 0 unspecified atom stereocenters. The third kappa shape index (κ3) is 6.76. The molecule has 19 heavy (non-hydrogen) atoms. The zero-order chi connectivity index (χ0) is 13.2. The standard InChI is InChI=1S/C17H34N2/c1(2-4-6-16-8-12-18-13-9-16)3-5-7-17-10-14-19-15-11-17/h16-19H,1-15H2. The molecule has 0 aliphatic carbocycles. The molecule has 0 bridgehead atoms. The Balaban J connectivity index is 1.35. The summed E-state index contributed by atoms with van der Waals surface area (Å²) in [5, 5.41) is 6.92. The Bertz CT molecular complexity index is 183. The van der Waals surface area contributed by atoms with Crippen LogP contribution in [0.4, 0.5) is 0 Å². The first kappa shape index (κ1) is 15.3. The average Bonchev–Trinajstić information content (AvgIpc) is 2.48. The van der Waals surface area contributed by atoms with Crippen LogP contribution in [0.3, 0.4) is 0 Å². The zero-order valence-corrected chi connectivity index (χ0v) is 12.8. The van der Waals surface area contributed by atoms with Crippen LogP contribution in [0.25, 0.3) is 0 Å². The lowest BCUT2D eigenvalue weighted by Gasteiger charge is -2.22. The molecule has 2 aliphatic heterocycles. The minimum Gasteiger partial charge on any atom is -0.317 e. The summed E-state index contributed by atoms with van der Waals surface area (Å²) in [6, 6.07) is 0. The second kappa shape index (κ2) is 9.77. The van der Waals surface area contributed by atoms with E-state index < -0.39 is 0 Å². The molecule has 2 nitrogen and oxygen atoms in total. The fourth-order valence-electron chi connectivity index (χ4n) is 3.74. The zero-order valence-electron chi connectivity index (χ0n) is 12.8. The van der Waals surface area contributed by atoms with E-state index in [1.807, 2.05) is 0 Å². The Kier molecular flexibility index (Phi) is 7.87. The van der Waals surface area contributed by atoms with Crippen molar-refractivity contribution in [1.29, 1.82) is 0 Å². The molecule has 0 amide bonds. The van der Waals surface area contributed by atoms with Gasteiger partial charge in [0.05, 0.1) is 0 Å². The molecule has 0 radical (unpaired) electrons. The van der Waals surface area contributed by atoms with Crippen molar-refractivity contribution < 1.29 is 0 Å². The van der Waals surface area contributed by atoms with Gasteiger partial charge in [-0.2, -0.15) is 0 Å². The van der Waals surface area contributed by atoms with Crippen molar-refractivity contribution in [3.05, 3.63) is 0 Å². The van der Waals surface area contributed by atoms with Gasteiger partial charge in [0.1, 0.15) is 0 Å². The van der Waals surface area contributed by atoms with Crippen molar-refractivity contribution in [2.75, 3.05) is 26.2 Å². The number of rotatable bonds is 8. The van der Waals surface area contributed by atoms with E-state index in [-0.39, 0.29) is 0 Å². The highest BCUT2D eigenvalue weighted by Gasteiger charge is 2.13. The molecular weight excluding hydrogens is 232 g/mol. The summed E-state index contributed by atoms with van der Waals surface area (Å²) in [7, 11) is 0. The van der Waals surface area contributed by atoms with Gasteiger partial charge in [0, 0.05) is 0 Å². The number of nitrogens with one attached hydrogen (secondary N) is 2. The fraction of sp³-hybridized carbons (Fsp3) is 1.00. The SMILES string of the molecule is C(CCCC1CCNCC1)CCCC1CCNCC1. The smallest absolute Gasteiger partial charge is 0.00463 e. The Hall–Kier alpha value is -0.0800. The van der Waals surface area contributed by atoms with Crippen molar-refractivity contribution in [1.82, 2.24) is 10.6 Å². The van der Waals surface area contributed by atoms with Crippen LogP contribution in [-0.2, 0) is 0 Å². The van der Waals surface area contributed by atoms with Crippen LogP contribution < -0.4 is 10.6 Å².